The van der Waals surface area contributed by atoms with Crippen LogP contribution in [-0.4, -0.2) is 42.0 Å². The van der Waals surface area contributed by atoms with Gasteiger partial charge < -0.3 is 21.0 Å². The van der Waals surface area contributed by atoms with Gasteiger partial charge >= 0.3 is 0 Å². The maximum atomic E-state index is 11.9. The number of aryl methyl sites for hydroxylation is 1. The van der Waals surface area contributed by atoms with Crippen molar-refractivity contribution in [2.75, 3.05) is 30.7 Å². The maximum absolute atomic E-state index is 11.9. The van der Waals surface area contributed by atoms with Crippen molar-refractivity contribution >= 4 is 17.7 Å². The van der Waals surface area contributed by atoms with E-state index in [0.29, 0.717) is 5.69 Å². The number of nitrogens with one attached hydrogen (secondary N) is 1. The smallest absolute Gasteiger partial charge is 0.144 e. The highest BCUT2D eigenvalue weighted by Gasteiger charge is 2.37. The molecule has 1 aliphatic heterocycles. The van der Waals surface area contributed by atoms with Crippen LogP contribution in [0.4, 0.5) is 11.4 Å². The van der Waals surface area contributed by atoms with Gasteiger partial charge in [-0.3, -0.25) is 4.90 Å². The largest absolute Gasteiger partial charge is 0.397 e. The number of aliphatic hydroxyl groups excluding tert-OH is 1. The van der Waals surface area contributed by atoms with Crippen molar-refractivity contribution in [3.8, 4) is 0 Å². The van der Waals surface area contributed by atoms with E-state index in [2.05, 4.69) is 34.5 Å². The van der Waals surface area contributed by atoms with Crippen molar-refractivity contribution in [3.63, 3.8) is 0 Å². The van der Waals surface area contributed by atoms with Gasteiger partial charge in [0.15, 0.2) is 0 Å². The van der Waals surface area contributed by atoms with Gasteiger partial charge in [0.1, 0.15) is 12.3 Å². The van der Waals surface area contributed by atoms with Crippen LogP contribution >= 0.6 is 0 Å². The summed E-state index contributed by atoms with van der Waals surface area (Å²) in [5.41, 5.74) is 9.67. The molecule has 4 N–H and O–H groups in total. The molecule has 2 aromatic rings. The maximum Gasteiger partial charge on any atom is 0.144 e. The molecule has 0 saturated carbocycles. The van der Waals surface area contributed by atoms with E-state index in [1.807, 2.05) is 31.2 Å². The van der Waals surface area contributed by atoms with Crippen LogP contribution in [0.3, 0.4) is 0 Å². The fourth-order valence-electron chi connectivity index (χ4n) is 3.36. The zero-order valence-corrected chi connectivity index (χ0v) is 14.4. The van der Waals surface area contributed by atoms with Crippen LogP contribution in [0, 0.1) is 12.8 Å². The highest BCUT2D eigenvalue weighted by Crippen LogP contribution is 2.33. The predicted molar refractivity (Wildman–Crippen MR) is 100 cm³/mol. The van der Waals surface area contributed by atoms with Gasteiger partial charge in [0.25, 0.3) is 0 Å². The molecule has 1 aliphatic rings. The molecule has 0 aromatic heterocycles. The third kappa shape index (κ3) is 3.83. The lowest BCUT2D eigenvalue weighted by molar-refractivity contribution is -0.110. The second kappa shape index (κ2) is 7.68. The van der Waals surface area contributed by atoms with Crippen LogP contribution in [0.1, 0.15) is 17.2 Å². The minimum atomic E-state index is -0.424. The molecule has 25 heavy (non-hydrogen) atoms. The van der Waals surface area contributed by atoms with Gasteiger partial charge in [-0.15, -0.1) is 0 Å². The number of likely N-dealkylation sites (tertiary alicyclic amines) is 1. The summed E-state index contributed by atoms with van der Waals surface area (Å²) in [5, 5.41) is 12.6. The number of para-hydroxylation sites is 2. The van der Waals surface area contributed by atoms with Gasteiger partial charge in [-0.1, -0.05) is 42.0 Å². The van der Waals surface area contributed by atoms with E-state index in [4.69, 9.17) is 5.73 Å². The van der Waals surface area contributed by atoms with Gasteiger partial charge in [0, 0.05) is 25.6 Å². The summed E-state index contributed by atoms with van der Waals surface area (Å²) in [4.78, 5) is 14.2. The zero-order valence-electron chi connectivity index (χ0n) is 14.4. The van der Waals surface area contributed by atoms with Crippen molar-refractivity contribution in [1.29, 1.82) is 0 Å². The molecule has 3 rings (SSSR count). The molecule has 1 heterocycles. The quantitative estimate of drug-likeness (QED) is 0.532. The Hall–Kier alpha value is -2.37. The SMILES string of the molecule is Cc1ccc(C(C(C=O)Nc2ccccc2N)N2CC(CO)C2)cc1. The van der Waals surface area contributed by atoms with Crippen LogP contribution in [0.15, 0.2) is 48.5 Å². The number of nitrogens with zero attached hydrogens (tertiary/aromatic N) is 1. The van der Waals surface area contributed by atoms with Crippen molar-refractivity contribution < 1.29 is 9.90 Å². The van der Waals surface area contributed by atoms with Gasteiger partial charge in [-0.2, -0.15) is 0 Å². The number of carbonyl (C=O) groups is 1. The number of nitrogens with two attached hydrogens (primary N) is 1. The van der Waals surface area contributed by atoms with Gasteiger partial charge in [0.2, 0.25) is 0 Å². The third-order valence-corrected chi connectivity index (χ3v) is 4.83. The Labute approximate surface area is 148 Å². The number of nitrogen functional groups attached to an aromatic ring is 1. The zero-order chi connectivity index (χ0) is 17.8. The summed E-state index contributed by atoms with van der Waals surface area (Å²) in [6.45, 7) is 3.79. The summed E-state index contributed by atoms with van der Waals surface area (Å²) in [5.74, 6) is 0.280. The van der Waals surface area contributed by atoms with Gasteiger partial charge in [-0.05, 0) is 24.6 Å². The summed E-state index contributed by atoms with van der Waals surface area (Å²) in [6.07, 6.45) is 0.948. The summed E-state index contributed by atoms with van der Waals surface area (Å²) in [6, 6.07) is 15.2. The number of aldehydes is 1. The Morgan fingerprint density at radius 1 is 1.24 bits per heavy atom. The average Bonchev–Trinajstić information content (AvgIpc) is 2.58. The van der Waals surface area contributed by atoms with Crippen LogP contribution in [0.2, 0.25) is 0 Å². The molecule has 0 radical (unpaired) electrons. The summed E-state index contributed by atoms with van der Waals surface area (Å²) in [7, 11) is 0. The topological polar surface area (TPSA) is 78.6 Å². The summed E-state index contributed by atoms with van der Waals surface area (Å²) < 4.78 is 0. The molecule has 0 amide bonds. The van der Waals surface area contributed by atoms with Crippen LogP contribution in [-0.2, 0) is 4.79 Å². The average molecular weight is 339 g/mol. The van der Waals surface area contributed by atoms with Crippen molar-refractivity contribution in [2.45, 2.75) is 19.0 Å². The lowest BCUT2D eigenvalue weighted by Crippen LogP contribution is -2.54. The number of aliphatic hydroxyl groups is 1. The third-order valence-electron chi connectivity index (χ3n) is 4.83. The molecule has 0 spiro atoms. The second-order valence-electron chi connectivity index (χ2n) is 6.75. The molecule has 2 aromatic carbocycles. The molecule has 1 saturated heterocycles. The number of hydrogen-bond donors (Lipinski definition) is 3. The molecular weight excluding hydrogens is 314 g/mol. The molecule has 0 bridgehead atoms. The fraction of sp³-hybridized carbons (Fsp3) is 0.350. The van der Waals surface area contributed by atoms with Crippen molar-refractivity contribution in [2.24, 2.45) is 5.92 Å². The molecule has 0 aliphatic carbocycles. The first-order chi connectivity index (χ1) is 12.1. The molecule has 132 valence electrons. The van der Waals surface area contributed by atoms with E-state index < -0.39 is 6.04 Å². The molecule has 2 unspecified atom stereocenters. The first-order valence-corrected chi connectivity index (χ1v) is 8.60. The van der Waals surface area contributed by atoms with Crippen molar-refractivity contribution in [1.82, 2.24) is 4.90 Å². The Bertz CT molecular complexity index is 711. The van der Waals surface area contributed by atoms with E-state index in [1.54, 1.807) is 0 Å². The number of hydrogen-bond acceptors (Lipinski definition) is 5. The number of benzene rings is 2. The molecule has 5 heteroatoms. The number of anilines is 2. The Balaban J connectivity index is 1.87. The number of carbonyl (C=O) groups excluding carboxylic acids is 1. The molecule has 2 atom stereocenters. The first-order valence-electron chi connectivity index (χ1n) is 8.60. The van der Waals surface area contributed by atoms with Crippen LogP contribution in [0.5, 0.6) is 0 Å². The Kier molecular flexibility index (Phi) is 5.36. The van der Waals surface area contributed by atoms with Crippen LogP contribution < -0.4 is 11.1 Å². The Morgan fingerprint density at radius 3 is 2.52 bits per heavy atom. The minimum absolute atomic E-state index is 0.0968. The first kappa shape index (κ1) is 17.5. The van der Waals surface area contributed by atoms with Gasteiger partial charge in [0.05, 0.1) is 17.4 Å². The standard InChI is InChI=1S/C20H25N3O2/c1-14-6-8-16(9-7-14)20(23-10-15(11-23)12-24)19(13-25)22-18-5-3-2-4-17(18)21/h2-9,13,15,19-20,22,24H,10-12,21H2,1H3. The lowest BCUT2D eigenvalue weighted by atomic mass is 9.90. The molecule has 1 fully saturated rings. The minimum Gasteiger partial charge on any atom is -0.397 e. The second-order valence-corrected chi connectivity index (χ2v) is 6.75. The number of rotatable bonds is 7. The normalized spacial score (nSPS) is 17.5. The predicted octanol–water partition coefficient (Wildman–Crippen LogP) is 2.22. The highest BCUT2D eigenvalue weighted by atomic mass is 16.3. The van der Waals surface area contributed by atoms with Crippen molar-refractivity contribution in [3.05, 3.63) is 59.7 Å². The van der Waals surface area contributed by atoms with E-state index in [0.717, 1.165) is 30.6 Å². The van der Waals surface area contributed by atoms with E-state index in [1.165, 1.54) is 5.56 Å². The summed E-state index contributed by atoms with van der Waals surface area (Å²) >= 11 is 0. The van der Waals surface area contributed by atoms with Gasteiger partial charge in [-0.25, -0.2) is 0 Å². The van der Waals surface area contributed by atoms with Crippen LogP contribution in [0.25, 0.3) is 0 Å². The van der Waals surface area contributed by atoms with E-state index >= 15 is 0 Å². The molecular formula is C20H25N3O2. The Morgan fingerprint density at radius 2 is 1.92 bits per heavy atom. The lowest BCUT2D eigenvalue weighted by Gasteiger charge is -2.46. The monoisotopic (exact) mass is 339 g/mol. The van der Waals surface area contributed by atoms with E-state index in [-0.39, 0.29) is 18.6 Å². The molecule has 5 nitrogen and oxygen atoms in total. The fourth-order valence-corrected chi connectivity index (χ4v) is 3.36. The van der Waals surface area contributed by atoms with E-state index in [9.17, 15) is 9.90 Å². The highest BCUT2D eigenvalue weighted by molar-refractivity contribution is 5.73.